The minimum Gasteiger partial charge on any atom is -0.508 e. The van der Waals surface area contributed by atoms with Crippen LogP contribution >= 0.6 is 0 Å². The van der Waals surface area contributed by atoms with Gasteiger partial charge in [-0.15, -0.1) is 0 Å². The van der Waals surface area contributed by atoms with E-state index in [4.69, 9.17) is 0 Å². The van der Waals surface area contributed by atoms with Crippen LogP contribution in [0, 0.1) is 0 Å². The van der Waals surface area contributed by atoms with E-state index in [1.807, 2.05) is 12.1 Å². The molecule has 142 valence electrons. The molecule has 0 aliphatic rings. The Kier molecular flexibility index (Phi) is 8.74. The van der Waals surface area contributed by atoms with Gasteiger partial charge in [0.05, 0.1) is 0 Å². The first-order valence-corrected chi connectivity index (χ1v) is 10.6. The number of rotatable bonds is 12. The van der Waals surface area contributed by atoms with E-state index in [2.05, 4.69) is 56.3 Å². The first-order chi connectivity index (χ1) is 12.7. The zero-order chi connectivity index (χ0) is 18.7. The zero-order valence-corrected chi connectivity index (χ0v) is 16.7. The lowest BCUT2D eigenvalue weighted by Gasteiger charge is -2.35. The average Bonchev–Trinajstić information content (AvgIpc) is 2.69. The molecule has 0 heterocycles. The van der Waals surface area contributed by atoms with Crippen molar-refractivity contribution in [2.45, 2.75) is 83.5 Å². The Morgan fingerprint density at radius 3 is 1.88 bits per heavy atom. The van der Waals surface area contributed by atoms with E-state index in [1.54, 1.807) is 0 Å². The van der Waals surface area contributed by atoms with E-state index >= 15 is 0 Å². The van der Waals surface area contributed by atoms with Crippen molar-refractivity contribution in [3.05, 3.63) is 65.7 Å². The molecule has 0 aliphatic heterocycles. The maximum absolute atomic E-state index is 10.6. The predicted molar refractivity (Wildman–Crippen MR) is 113 cm³/mol. The SMILES string of the molecule is CCCCCCCCCCC(CC)(c1ccccc1)c1ccccc1O. The number of hydrogen-bond acceptors (Lipinski definition) is 1. The van der Waals surface area contributed by atoms with Crippen molar-refractivity contribution >= 4 is 0 Å². The van der Waals surface area contributed by atoms with E-state index in [0.29, 0.717) is 5.75 Å². The normalized spacial score (nSPS) is 13.5. The van der Waals surface area contributed by atoms with E-state index in [9.17, 15) is 5.11 Å². The van der Waals surface area contributed by atoms with Crippen molar-refractivity contribution in [1.29, 1.82) is 0 Å². The molecule has 0 aliphatic carbocycles. The highest BCUT2D eigenvalue weighted by Crippen LogP contribution is 2.43. The van der Waals surface area contributed by atoms with Crippen molar-refractivity contribution < 1.29 is 5.11 Å². The molecule has 0 aromatic heterocycles. The van der Waals surface area contributed by atoms with Crippen LogP contribution < -0.4 is 0 Å². The second-order valence-corrected chi connectivity index (χ2v) is 7.54. The Balaban J connectivity index is 2.06. The number of benzene rings is 2. The van der Waals surface area contributed by atoms with Crippen LogP contribution in [0.5, 0.6) is 5.75 Å². The Morgan fingerprint density at radius 1 is 0.692 bits per heavy atom. The number of para-hydroxylation sites is 1. The summed E-state index contributed by atoms with van der Waals surface area (Å²) >= 11 is 0. The maximum Gasteiger partial charge on any atom is 0.119 e. The van der Waals surface area contributed by atoms with Gasteiger partial charge in [0.15, 0.2) is 0 Å². The van der Waals surface area contributed by atoms with Crippen molar-refractivity contribution in [3.63, 3.8) is 0 Å². The molecule has 2 aromatic carbocycles. The largest absolute Gasteiger partial charge is 0.508 e. The van der Waals surface area contributed by atoms with Gasteiger partial charge < -0.3 is 5.11 Å². The number of phenolic OH excluding ortho intramolecular Hbond substituents is 1. The monoisotopic (exact) mass is 352 g/mol. The van der Waals surface area contributed by atoms with Crippen LogP contribution in [-0.4, -0.2) is 5.11 Å². The first kappa shape index (κ1) is 20.6. The first-order valence-electron chi connectivity index (χ1n) is 10.6. The smallest absolute Gasteiger partial charge is 0.119 e. The molecule has 0 saturated heterocycles. The molecular formula is C25H36O. The summed E-state index contributed by atoms with van der Waals surface area (Å²) < 4.78 is 0. The number of unbranched alkanes of at least 4 members (excludes halogenated alkanes) is 7. The van der Waals surface area contributed by atoms with E-state index < -0.39 is 0 Å². The number of hydrogen-bond donors (Lipinski definition) is 1. The average molecular weight is 353 g/mol. The summed E-state index contributed by atoms with van der Waals surface area (Å²) in [6.45, 7) is 4.52. The molecule has 1 nitrogen and oxygen atoms in total. The van der Waals surface area contributed by atoms with Crippen molar-refractivity contribution in [2.24, 2.45) is 0 Å². The van der Waals surface area contributed by atoms with Gasteiger partial charge in [0.1, 0.15) is 5.75 Å². The molecule has 2 rings (SSSR count). The lowest BCUT2D eigenvalue weighted by molar-refractivity contribution is 0.394. The van der Waals surface area contributed by atoms with Gasteiger partial charge in [0.25, 0.3) is 0 Å². The van der Waals surface area contributed by atoms with E-state index in [1.165, 1.54) is 56.9 Å². The maximum atomic E-state index is 10.6. The fraction of sp³-hybridized carbons (Fsp3) is 0.520. The van der Waals surface area contributed by atoms with Crippen molar-refractivity contribution in [1.82, 2.24) is 0 Å². The fourth-order valence-electron chi connectivity index (χ4n) is 4.20. The predicted octanol–water partition coefficient (Wildman–Crippen LogP) is 7.62. The van der Waals surface area contributed by atoms with E-state index in [0.717, 1.165) is 18.4 Å². The summed E-state index contributed by atoms with van der Waals surface area (Å²) in [6.07, 6.45) is 12.8. The van der Waals surface area contributed by atoms with Gasteiger partial charge >= 0.3 is 0 Å². The second kappa shape index (κ2) is 11.1. The van der Waals surface area contributed by atoms with Crippen molar-refractivity contribution in [2.75, 3.05) is 0 Å². The van der Waals surface area contributed by atoms with Crippen LogP contribution in [0.3, 0.4) is 0 Å². The van der Waals surface area contributed by atoms with Gasteiger partial charge in [-0.05, 0) is 24.5 Å². The highest BCUT2D eigenvalue weighted by molar-refractivity contribution is 5.46. The molecule has 0 spiro atoms. The van der Waals surface area contributed by atoms with Crippen LogP contribution in [0.1, 0.15) is 89.2 Å². The summed E-state index contributed by atoms with van der Waals surface area (Å²) in [7, 11) is 0. The summed E-state index contributed by atoms with van der Waals surface area (Å²) in [6, 6.07) is 18.7. The summed E-state index contributed by atoms with van der Waals surface area (Å²) in [5.74, 6) is 0.428. The third kappa shape index (κ3) is 5.37. The van der Waals surface area contributed by atoms with Crippen LogP contribution in [-0.2, 0) is 5.41 Å². The number of aromatic hydroxyl groups is 1. The van der Waals surface area contributed by atoms with Gasteiger partial charge in [-0.1, -0.05) is 114 Å². The summed E-state index contributed by atoms with van der Waals surface area (Å²) in [5, 5.41) is 10.6. The molecule has 26 heavy (non-hydrogen) atoms. The van der Waals surface area contributed by atoms with Gasteiger partial charge in [-0.25, -0.2) is 0 Å². The molecule has 0 fully saturated rings. The van der Waals surface area contributed by atoms with Crippen LogP contribution in [0.25, 0.3) is 0 Å². The third-order valence-electron chi connectivity index (χ3n) is 5.81. The van der Waals surface area contributed by atoms with Gasteiger partial charge in [-0.2, -0.15) is 0 Å². The molecule has 2 aromatic rings. The zero-order valence-electron chi connectivity index (χ0n) is 16.7. The van der Waals surface area contributed by atoms with Gasteiger partial charge in [0.2, 0.25) is 0 Å². The van der Waals surface area contributed by atoms with Crippen LogP contribution in [0.15, 0.2) is 54.6 Å². The van der Waals surface area contributed by atoms with Crippen molar-refractivity contribution in [3.8, 4) is 5.75 Å². The van der Waals surface area contributed by atoms with Crippen LogP contribution in [0.2, 0.25) is 0 Å². The lowest BCUT2D eigenvalue weighted by atomic mass is 9.69. The standard InChI is InChI=1S/C25H36O/c1-3-5-6-7-8-9-10-16-21-25(4-2,22-17-12-11-13-18-22)23-19-14-15-20-24(23)26/h11-15,17-20,26H,3-10,16,21H2,1-2H3. The molecule has 1 atom stereocenters. The molecular weight excluding hydrogens is 316 g/mol. The van der Waals surface area contributed by atoms with Gasteiger partial charge in [0, 0.05) is 11.0 Å². The minimum atomic E-state index is -0.0885. The Morgan fingerprint density at radius 2 is 1.27 bits per heavy atom. The Labute approximate surface area is 160 Å². The molecule has 1 N–H and O–H groups in total. The molecule has 1 heteroatoms. The number of phenols is 1. The Bertz CT molecular complexity index is 619. The highest BCUT2D eigenvalue weighted by atomic mass is 16.3. The minimum absolute atomic E-state index is 0.0885. The molecule has 0 bridgehead atoms. The summed E-state index contributed by atoms with van der Waals surface area (Å²) in [4.78, 5) is 0. The molecule has 1 unspecified atom stereocenters. The summed E-state index contributed by atoms with van der Waals surface area (Å²) in [5.41, 5.74) is 2.32. The fourth-order valence-corrected chi connectivity index (χ4v) is 4.20. The second-order valence-electron chi connectivity index (χ2n) is 7.54. The molecule has 0 amide bonds. The topological polar surface area (TPSA) is 20.2 Å². The Hall–Kier alpha value is -1.76. The highest BCUT2D eigenvalue weighted by Gasteiger charge is 2.33. The quantitative estimate of drug-likeness (QED) is 0.389. The molecule has 0 saturated carbocycles. The molecule has 0 radical (unpaired) electrons. The van der Waals surface area contributed by atoms with Crippen LogP contribution in [0.4, 0.5) is 0 Å². The van der Waals surface area contributed by atoms with E-state index in [-0.39, 0.29) is 5.41 Å². The lowest BCUT2D eigenvalue weighted by Crippen LogP contribution is -2.27. The third-order valence-corrected chi connectivity index (χ3v) is 5.81. The van der Waals surface area contributed by atoms with Gasteiger partial charge in [-0.3, -0.25) is 0 Å².